The highest BCUT2D eigenvalue weighted by atomic mass is 79.9. The summed E-state index contributed by atoms with van der Waals surface area (Å²) < 4.78 is 11.8. The molecule has 5 nitrogen and oxygen atoms in total. The van der Waals surface area contributed by atoms with Gasteiger partial charge in [0.2, 0.25) is 0 Å². The van der Waals surface area contributed by atoms with E-state index < -0.39 is 0 Å². The van der Waals surface area contributed by atoms with E-state index in [9.17, 15) is 4.79 Å². The molecule has 1 heterocycles. The monoisotopic (exact) mass is 480 g/mol. The molecule has 1 fully saturated rings. The van der Waals surface area contributed by atoms with Gasteiger partial charge in [-0.2, -0.15) is 0 Å². The maximum Gasteiger partial charge on any atom is 0.264 e. The number of nitrogens with one attached hydrogen (secondary N) is 1. The van der Waals surface area contributed by atoms with Crippen molar-refractivity contribution in [3.63, 3.8) is 0 Å². The normalized spacial score (nSPS) is 16.5. The molecule has 1 aliphatic rings. The Bertz CT molecular complexity index is 992. The van der Waals surface area contributed by atoms with Gasteiger partial charge in [-0.3, -0.25) is 4.79 Å². The first-order valence-corrected chi connectivity index (χ1v) is 10.5. The van der Waals surface area contributed by atoms with Gasteiger partial charge in [0, 0.05) is 5.02 Å². The smallest absolute Gasteiger partial charge is 0.264 e. The number of rotatable bonds is 5. The van der Waals surface area contributed by atoms with E-state index in [1.807, 2.05) is 44.2 Å². The molecule has 28 heavy (non-hydrogen) atoms. The van der Waals surface area contributed by atoms with Gasteiger partial charge < -0.3 is 14.8 Å². The summed E-state index contributed by atoms with van der Waals surface area (Å²) in [7, 11) is 1.58. The SMILES string of the molecule is CCOc1c(Br)cc(/C=C2\SC(=Nc3cccc(Cl)c3C)NC2=O)cc1OC. The first-order chi connectivity index (χ1) is 13.4. The number of ether oxygens (including phenoxy) is 2. The number of hydrogen-bond acceptors (Lipinski definition) is 5. The predicted molar refractivity (Wildman–Crippen MR) is 119 cm³/mol. The van der Waals surface area contributed by atoms with Crippen molar-refractivity contribution < 1.29 is 14.3 Å². The Morgan fingerprint density at radius 2 is 2.14 bits per heavy atom. The van der Waals surface area contributed by atoms with E-state index in [2.05, 4.69) is 26.2 Å². The topological polar surface area (TPSA) is 59.9 Å². The lowest BCUT2D eigenvalue weighted by Gasteiger charge is -2.12. The van der Waals surface area contributed by atoms with E-state index >= 15 is 0 Å². The van der Waals surface area contributed by atoms with Crippen molar-refractivity contribution in [2.45, 2.75) is 13.8 Å². The number of aliphatic imine (C=N–C) groups is 1. The van der Waals surface area contributed by atoms with Crippen LogP contribution in [-0.2, 0) is 4.79 Å². The van der Waals surface area contributed by atoms with Gasteiger partial charge in [0.25, 0.3) is 5.91 Å². The van der Waals surface area contributed by atoms with E-state index in [1.165, 1.54) is 11.8 Å². The molecule has 1 aliphatic heterocycles. The lowest BCUT2D eigenvalue weighted by Crippen LogP contribution is -2.19. The zero-order valence-corrected chi connectivity index (χ0v) is 18.7. The Labute approximate surface area is 181 Å². The van der Waals surface area contributed by atoms with Crippen LogP contribution in [0.5, 0.6) is 11.5 Å². The van der Waals surface area contributed by atoms with E-state index in [-0.39, 0.29) is 5.91 Å². The third-order valence-corrected chi connectivity index (χ3v) is 5.86. The molecule has 3 rings (SSSR count). The zero-order chi connectivity index (χ0) is 20.3. The second kappa shape index (κ2) is 9.03. The average molecular weight is 482 g/mol. The minimum Gasteiger partial charge on any atom is -0.493 e. The highest BCUT2D eigenvalue weighted by Gasteiger charge is 2.24. The number of methoxy groups -OCH3 is 1. The number of carbonyl (C=O) groups excluding carboxylic acids is 1. The van der Waals surface area contributed by atoms with Crippen molar-refractivity contribution in [3.8, 4) is 11.5 Å². The number of nitrogens with zero attached hydrogens (tertiary/aromatic N) is 1. The summed E-state index contributed by atoms with van der Waals surface area (Å²) in [6.45, 7) is 4.32. The number of benzene rings is 2. The Kier molecular flexibility index (Phi) is 6.69. The molecule has 0 saturated carbocycles. The highest BCUT2D eigenvalue weighted by Crippen LogP contribution is 2.38. The second-order valence-electron chi connectivity index (χ2n) is 5.83. The number of carbonyl (C=O) groups is 1. The molecule has 0 aliphatic carbocycles. The Hall–Kier alpha value is -1.96. The van der Waals surface area contributed by atoms with E-state index in [0.717, 1.165) is 21.3 Å². The quantitative estimate of drug-likeness (QED) is 0.556. The van der Waals surface area contributed by atoms with Gasteiger partial charge in [0.05, 0.1) is 28.8 Å². The van der Waals surface area contributed by atoms with Gasteiger partial charge in [-0.1, -0.05) is 17.7 Å². The molecular formula is C20H18BrClN2O3S. The number of halogens is 2. The summed E-state index contributed by atoms with van der Waals surface area (Å²) in [6.07, 6.45) is 1.79. The highest BCUT2D eigenvalue weighted by molar-refractivity contribution is 9.10. The first-order valence-electron chi connectivity index (χ1n) is 8.48. The molecule has 2 aromatic carbocycles. The third-order valence-electron chi connectivity index (χ3n) is 3.95. The molecule has 1 saturated heterocycles. The Morgan fingerprint density at radius 1 is 1.36 bits per heavy atom. The second-order valence-corrected chi connectivity index (χ2v) is 8.13. The summed E-state index contributed by atoms with van der Waals surface area (Å²) in [5, 5.41) is 3.94. The van der Waals surface area contributed by atoms with Crippen molar-refractivity contribution in [1.82, 2.24) is 5.32 Å². The van der Waals surface area contributed by atoms with E-state index in [1.54, 1.807) is 13.2 Å². The van der Waals surface area contributed by atoms with Crippen molar-refractivity contribution >= 4 is 62.1 Å². The van der Waals surface area contributed by atoms with Crippen LogP contribution in [0.4, 0.5) is 5.69 Å². The van der Waals surface area contributed by atoms with Crippen molar-refractivity contribution in [3.05, 3.63) is 55.9 Å². The van der Waals surface area contributed by atoms with Gasteiger partial charge in [-0.25, -0.2) is 4.99 Å². The number of hydrogen-bond donors (Lipinski definition) is 1. The zero-order valence-electron chi connectivity index (χ0n) is 15.5. The van der Waals surface area contributed by atoms with Crippen LogP contribution in [0.1, 0.15) is 18.1 Å². The number of amidine groups is 1. The molecule has 1 N–H and O–H groups in total. The molecular weight excluding hydrogens is 464 g/mol. The fourth-order valence-corrected chi connectivity index (χ4v) is 4.14. The molecule has 0 aromatic heterocycles. The molecule has 0 spiro atoms. The molecule has 8 heteroatoms. The fraction of sp³-hybridized carbons (Fsp3) is 0.200. The van der Waals surface area contributed by atoms with Crippen LogP contribution in [-0.4, -0.2) is 24.8 Å². The summed E-state index contributed by atoms with van der Waals surface area (Å²) in [5.41, 5.74) is 2.40. The van der Waals surface area contributed by atoms with E-state index in [0.29, 0.717) is 33.2 Å². The maximum absolute atomic E-state index is 12.4. The van der Waals surface area contributed by atoms with Gasteiger partial charge in [0.15, 0.2) is 16.7 Å². The molecule has 2 aromatic rings. The number of amides is 1. The Balaban J connectivity index is 1.90. The molecule has 146 valence electrons. The molecule has 0 atom stereocenters. The van der Waals surface area contributed by atoms with Crippen LogP contribution in [0, 0.1) is 6.92 Å². The van der Waals surface area contributed by atoms with Crippen LogP contribution in [0.3, 0.4) is 0 Å². The Morgan fingerprint density at radius 3 is 2.86 bits per heavy atom. The summed E-state index contributed by atoms with van der Waals surface area (Å²) in [5.74, 6) is 1.02. The molecule has 0 bridgehead atoms. The van der Waals surface area contributed by atoms with Crippen molar-refractivity contribution in [2.75, 3.05) is 13.7 Å². The average Bonchev–Trinajstić information content (AvgIpc) is 3.00. The lowest BCUT2D eigenvalue weighted by molar-refractivity contribution is -0.115. The van der Waals surface area contributed by atoms with Gasteiger partial charge in [-0.15, -0.1) is 0 Å². The van der Waals surface area contributed by atoms with Crippen LogP contribution in [0.2, 0.25) is 5.02 Å². The standard InChI is InChI=1S/C20H18BrClN2O3S/c1-4-27-18-13(21)8-12(9-16(18)26-3)10-17-19(25)24-20(28-17)23-15-7-5-6-14(22)11(15)2/h5-10H,4H2,1-3H3,(H,23,24,25)/b17-10-. The summed E-state index contributed by atoms with van der Waals surface area (Å²) in [4.78, 5) is 17.4. The predicted octanol–water partition coefficient (Wildman–Crippen LogP) is 5.71. The van der Waals surface area contributed by atoms with Gasteiger partial charge in [-0.05, 0) is 83.0 Å². The van der Waals surface area contributed by atoms with Crippen LogP contribution in [0.25, 0.3) is 6.08 Å². The van der Waals surface area contributed by atoms with Crippen molar-refractivity contribution in [2.24, 2.45) is 4.99 Å². The fourth-order valence-electron chi connectivity index (χ4n) is 2.57. The summed E-state index contributed by atoms with van der Waals surface area (Å²) in [6, 6.07) is 9.20. The van der Waals surface area contributed by atoms with Crippen LogP contribution < -0.4 is 14.8 Å². The van der Waals surface area contributed by atoms with Gasteiger partial charge >= 0.3 is 0 Å². The maximum atomic E-state index is 12.4. The summed E-state index contributed by atoms with van der Waals surface area (Å²) >= 11 is 10.9. The van der Waals surface area contributed by atoms with Crippen LogP contribution in [0.15, 0.2) is 44.7 Å². The first kappa shape index (κ1) is 20.8. The largest absolute Gasteiger partial charge is 0.493 e. The minimum absolute atomic E-state index is 0.201. The van der Waals surface area contributed by atoms with E-state index in [4.69, 9.17) is 21.1 Å². The molecule has 1 amide bonds. The molecule has 0 radical (unpaired) electrons. The number of thioether (sulfide) groups is 1. The van der Waals surface area contributed by atoms with Gasteiger partial charge in [0.1, 0.15) is 0 Å². The third kappa shape index (κ3) is 4.54. The minimum atomic E-state index is -0.201. The van der Waals surface area contributed by atoms with Crippen molar-refractivity contribution in [1.29, 1.82) is 0 Å². The van der Waals surface area contributed by atoms with Crippen LogP contribution >= 0.6 is 39.3 Å². The molecule has 0 unspecified atom stereocenters. The lowest BCUT2D eigenvalue weighted by atomic mass is 10.2.